The Balaban J connectivity index is 2.17. The number of rotatable bonds is 2. The van der Waals surface area contributed by atoms with Gasteiger partial charge in [0.05, 0.1) is 0 Å². The standard InChI is InChI=1S/C17H17NOS/c1-17(2)11-15(12-6-4-3-5-7-12)14-9-8-13(18-20)10-16(14)19-17/h3-11,18,20H,1-2H3. The number of anilines is 1. The van der Waals surface area contributed by atoms with Crippen LogP contribution in [-0.2, 0) is 0 Å². The van der Waals surface area contributed by atoms with Gasteiger partial charge in [-0.25, -0.2) is 0 Å². The first kappa shape index (κ1) is 13.1. The van der Waals surface area contributed by atoms with Crippen LogP contribution in [0, 0.1) is 0 Å². The van der Waals surface area contributed by atoms with Gasteiger partial charge in [-0.1, -0.05) is 43.1 Å². The van der Waals surface area contributed by atoms with Gasteiger partial charge in [0.1, 0.15) is 11.4 Å². The minimum absolute atomic E-state index is 0.326. The molecule has 0 spiro atoms. The molecule has 1 heterocycles. The summed E-state index contributed by atoms with van der Waals surface area (Å²) in [6.07, 6.45) is 2.18. The van der Waals surface area contributed by atoms with Crippen molar-refractivity contribution in [1.82, 2.24) is 0 Å². The molecule has 1 N–H and O–H groups in total. The first-order valence-electron chi connectivity index (χ1n) is 6.61. The van der Waals surface area contributed by atoms with E-state index in [0.29, 0.717) is 0 Å². The molecule has 0 aliphatic carbocycles. The van der Waals surface area contributed by atoms with E-state index in [9.17, 15) is 0 Å². The third kappa shape index (κ3) is 2.41. The van der Waals surface area contributed by atoms with Gasteiger partial charge in [-0.05, 0) is 43.2 Å². The number of hydrogen-bond donors (Lipinski definition) is 2. The molecule has 0 radical (unpaired) electrons. The predicted molar refractivity (Wildman–Crippen MR) is 87.3 cm³/mol. The fourth-order valence-corrected chi connectivity index (χ4v) is 2.63. The fourth-order valence-electron chi connectivity index (χ4n) is 2.49. The van der Waals surface area contributed by atoms with Crippen LogP contribution in [0.1, 0.15) is 25.0 Å². The lowest BCUT2D eigenvalue weighted by Crippen LogP contribution is -2.29. The van der Waals surface area contributed by atoms with Crippen molar-refractivity contribution < 1.29 is 4.74 Å². The summed E-state index contributed by atoms with van der Waals surface area (Å²) < 4.78 is 8.92. The van der Waals surface area contributed by atoms with E-state index in [4.69, 9.17) is 4.74 Å². The minimum atomic E-state index is -0.326. The van der Waals surface area contributed by atoms with Gasteiger partial charge in [-0.15, -0.1) is 0 Å². The van der Waals surface area contributed by atoms with Crippen LogP contribution < -0.4 is 9.46 Å². The Bertz CT molecular complexity index is 662. The van der Waals surface area contributed by atoms with Gasteiger partial charge in [0, 0.05) is 17.3 Å². The zero-order valence-corrected chi connectivity index (χ0v) is 12.4. The quantitative estimate of drug-likeness (QED) is 0.789. The van der Waals surface area contributed by atoms with Crippen molar-refractivity contribution in [3.8, 4) is 5.75 Å². The van der Waals surface area contributed by atoms with Gasteiger partial charge >= 0.3 is 0 Å². The minimum Gasteiger partial charge on any atom is -0.483 e. The van der Waals surface area contributed by atoms with E-state index < -0.39 is 0 Å². The second kappa shape index (κ2) is 4.91. The molecule has 0 fully saturated rings. The van der Waals surface area contributed by atoms with Gasteiger partial charge in [-0.2, -0.15) is 0 Å². The fraction of sp³-hybridized carbons (Fsp3) is 0.176. The SMILES string of the molecule is CC1(C)C=C(c2ccccc2)c2ccc(NS)cc2O1. The summed E-state index contributed by atoms with van der Waals surface area (Å²) >= 11 is 4.09. The summed E-state index contributed by atoms with van der Waals surface area (Å²) in [6.45, 7) is 4.14. The number of benzene rings is 2. The molecule has 0 aromatic heterocycles. The van der Waals surface area contributed by atoms with E-state index in [-0.39, 0.29) is 5.60 Å². The average molecular weight is 283 g/mol. The van der Waals surface area contributed by atoms with Crippen molar-refractivity contribution in [2.75, 3.05) is 4.72 Å². The zero-order chi connectivity index (χ0) is 14.2. The van der Waals surface area contributed by atoms with E-state index in [1.165, 1.54) is 11.1 Å². The van der Waals surface area contributed by atoms with Crippen LogP contribution in [0.3, 0.4) is 0 Å². The van der Waals surface area contributed by atoms with Gasteiger partial charge in [-0.3, -0.25) is 0 Å². The third-order valence-corrected chi connectivity index (χ3v) is 3.61. The van der Waals surface area contributed by atoms with Crippen LogP contribution in [0.2, 0.25) is 0 Å². The molecule has 1 aliphatic heterocycles. The van der Waals surface area contributed by atoms with E-state index in [0.717, 1.165) is 17.0 Å². The van der Waals surface area contributed by atoms with Crippen molar-refractivity contribution in [3.63, 3.8) is 0 Å². The van der Waals surface area contributed by atoms with E-state index in [2.05, 4.69) is 67.8 Å². The second-order valence-corrected chi connectivity index (χ2v) is 5.68. The first-order valence-corrected chi connectivity index (χ1v) is 7.06. The Morgan fingerprint density at radius 1 is 1.05 bits per heavy atom. The highest BCUT2D eigenvalue weighted by atomic mass is 32.1. The lowest BCUT2D eigenvalue weighted by atomic mass is 9.90. The molecule has 0 amide bonds. The van der Waals surface area contributed by atoms with Crippen LogP contribution in [0.5, 0.6) is 5.75 Å². The smallest absolute Gasteiger partial charge is 0.130 e. The van der Waals surface area contributed by atoms with Crippen molar-refractivity contribution in [2.45, 2.75) is 19.4 Å². The molecule has 2 nitrogen and oxygen atoms in total. The lowest BCUT2D eigenvalue weighted by molar-refractivity contribution is 0.158. The number of fused-ring (bicyclic) bond motifs is 1. The number of thiol groups is 1. The van der Waals surface area contributed by atoms with Gasteiger partial charge in [0.15, 0.2) is 0 Å². The van der Waals surface area contributed by atoms with Crippen LogP contribution in [0.4, 0.5) is 5.69 Å². The molecule has 0 atom stereocenters. The zero-order valence-electron chi connectivity index (χ0n) is 11.6. The summed E-state index contributed by atoms with van der Waals surface area (Å²) in [6, 6.07) is 16.5. The summed E-state index contributed by atoms with van der Waals surface area (Å²) in [5.74, 6) is 0.885. The molecule has 3 rings (SSSR count). The summed E-state index contributed by atoms with van der Waals surface area (Å²) in [4.78, 5) is 0. The molecule has 102 valence electrons. The summed E-state index contributed by atoms with van der Waals surface area (Å²) in [7, 11) is 0. The van der Waals surface area contributed by atoms with Gasteiger partial charge < -0.3 is 9.46 Å². The lowest BCUT2D eigenvalue weighted by Gasteiger charge is -2.31. The third-order valence-electron chi connectivity index (χ3n) is 3.35. The monoisotopic (exact) mass is 283 g/mol. The maximum Gasteiger partial charge on any atom is 0.130 e. The molecule has 0 bridgehead atoms. The largest absolute Gasteiger partial charge is 0.483 e. The molecule has 0 saturated heterocycles. The highest BCUT2D eigenvalue weighted by Crippen LogP contribution is 2.40. The average Bonchev–Trinajstić information content (AvgIpc) is 2.45. The molecule has 2 aromatic carbocycles. The predicted octanol–water partition coefficient (Wildman–Crippen LogP) is 4.55. The molecule has 2 aromatic rings. The molecule has 20 heavy (non-hydrogen) atoms. The van der Waals surface area contributed by atoms with Crippen LogP contribution in [0.15, 0.2) is 54.6 Å². The second-order valence-electron chi connectivity index (χ2n) is 5.45. The van der Waals surface area contributed by atoms with Gasteiger partial charge in [0.2, 0.25) is 0 Å². The van der Waals surface area contributed by atoms with E-state index >= 15 is 0 Å². The van der Waals surface area contributed by atoms with E-state index in [1.54, 1.807) is 0 Å². The van der Waals surface area contributed by atoms with Gasteiger partial charge in [0.25, 0.3) is 0 Å². The van der Waals surface area contributed by atoms with Crippen LogP contribution in [-0.4, -0.2) is 5.60 Å². The number of hydrogen-bond acceptors (Lipinski definition) is 3. The van der Waals surface area contributed by atoms with Crippen molar-refractivity contribution in [3.05, 3.63) is 65.7 Å². The van der Waals surface area contributed by atoms with Crippen LogP contribution >= 0.6 is 12.8 Å². The summed E-state index contributed by atoms with van der Waals surface area (Å²) in [5.41, 5.74) is 4.13. The molecule has 1 aliphatic rings. The molecular formula is C17H17NOS. The topological polar surface area (TPSA) is 21.3 Å². The van der Waals surface area contributed by atoms with Crippen molar-refractivity contribution in [2.24, 2.45) is 0 Å². The van der Waals surface area contributed by atoms with Crippen molar-refractivity contribution >= 4 is 24.1 Å². The summed E-state index contributed by atoms with van der Waals surface area (Å²) in [5, 5.41) is 0. The molecule has 3 heteroatoms. The van der Waals surface area contributed by atoms with Crippen molar-refractivity contribution in [1.29, 1.82) is 0 Å². The van der Waals surface area contributed by atoms with Crippen LogP contribution in [0.25, 0.3) is 5.57 Å². The Kier molecular flexibility index (Phi) is 3.22. The Labute approximate surface area is 125 Å². The number of nitrogens with one attached hydrogen (secondary N) is 1. The first-order chi connectivity index (χ1) is 9.59. The molecular weight excluding hydrogens is 266 g/mol. The normalized spacial score (nSPS) is 15.8. The Hall–Kier alpha value is -1.87. The maximum atomic E-state index is 6.06. The Morgan fingerprint density at radius 3 is 2.50 bits per heavy atom. The van der Waals surface area contributed by atoms with E-state index in [1.807, 2.05) is 18.2 Å². The molecule has 0 unspecified atom stereocenters. The molecule has 0 saturated carbocycles. The maximum absolute atomic E-state index is 6.06. The highest BCUT2D eigenvalue weighted by Gasteiger charge is 2.27. The highest BCUT2D eigenvalue weighted by molar-refractivity contribution is 7.81. The number of ether oxygens (including phenoxy) is 1. The Morgan fingerprint density at radius 2 is 1.80 bits per heavy atom.